The zero-order chi connectivity index (χ0) is 18.9. The molecule has 8 heteroatoms. The van der Waals surface area contributed by atoms with Crippen LogP contribution in [0, 0.1) is 0 Å². The first-order chi connectivity index (χ1) is 12.3. The van der Waals surface area contributed by atoms with Crippen LogP contribution in [0.3, 0.4) is 0 Å². The molecule has 0 aliphatic rings. The minimum Gasteiger partial charge on any atom is -0.496 e. The second kappa shape index (κ2) is 6.62. The fourth-order valence-electron chi connectivity index (χ4n) is 2.63. The maximum atomic E-state index is 12.8. The predicted octanol–water partition coefficient (Wildman–Crippen LogP) is 4.46. The molecular weight excluding hydrogens is 349 g/mol. The van der Waals surface area contributed by atoms with Crippen molar-refractivity contribution in [2.45, 2.75) is 6.18 Å². The number of aromatic nitrogens is 1. The first-order valence-corrected chi connectivity index (χ1v) is 7.56. The van der Waals surface area contributed by atoms with Crippen molar-refractivity contribution in [3.05, 3.63) is 53.7 Å². The quantitative estimate of drug-likeness (QED) is 0.719. The molecule has 0 saturated heterocycles. The topological polar surface area (TPSA) is 63.4 Å². The summed E-state index contributed by atoms with van der Waals surface area (Å²) >= 11 is 0. The molecule has 1 amide bonds. The normalized spacial score (nSPS) is 11.4. The number of methoxy groups -OCH3 is 2. The van der Waals surface area contributed by atoms with Crippen LogP contribution in [0.5, 0.6) is 11.5 Å². The summed E-state index contributed by atoms with van der Waals surface area (Å²) in [4.78, 5) is 14.9. The van der Waals surface area contributed by atoms with E-state index < -0.39 is 17.8 Å². The number of halogens is 3. The van der Waals surface area contributed by atoms with Crippen LogP contribution in [0.25, 0.3) is 10.9 Å². The van der Waals surface area contributed by atoms with Gasteiger partial charge in [0.1, 0.15) is 22.8 Å². The Labute approximate surface area is 146 Å². The number of hydrogen-bond donors (Lipinski definition) is 2. The monoisotopic (exact) mass is 364 g/mol. The summed E-state index contributed by atoms with van der Waals surface area (Å²) in [5.74, 6) is 0.151. The molecule has 2 aromatic carbocycles. The molecule has 3 aromatic rings. The highest BCUT2D eigenvalue weighted by Crippen LogP contribution is 2.33. The van der Waals surface area contributed by atoms with Gasteiger partial charge in [0, 0.05) is 16.6 Å². The summed E-state index contributed by atoms with van der Waals surface area (Å²) in [6, 6.07) is 10.3. The minimum absolute atomic E-state index is 0.197. The predicted molar refractivity (Wildman–Crippen MR) is 90.8 cm³/mol. The number of carbonyl (C=O) groups excluding carboxylic acids is 1. The van der Waals surface area contributed by atoms with Crippen molar-refractivity contribution in [2.24, 2.45) is 0 Å². The number of nitrogens with one attached hydrogen (secondary N) is 2. The Kier molecular flexibility index (Phi) is 4.50. The number of alkyl halides is 3. The largest absolute Gasteiger partial charge is 0.496 e. The van der Waals surface area contributed by atoms with Crippen LogP contribution in [-0.2, 0) is 6.18 Å². The van der Waals surface area contributed by atoms with Gasteiger partial charge in [0.05, 0.1) is 14.2 Å². The van der Waals surface area contributed by atoms with Gasteiger partial charge in [-0.2, -0.15) is 13.2 Å². The maximum absolute atomic E-state index is 12.8. The first-order valence-electron chi connectivity index (χ1n) is 7.56. The van der Waals surface area contributed by atoms with Crippen LogP contribution >= 0.6 is 0 Å². The van der Waals surface area contributed by atoms with Gasteiger partial charge in [0.25, 0.3) is 5.91 Å². The van der Waals surface area contributed by atoms with Crippen molar-refractivity contribution < 1.29 is 27.4 Å². The molecule has 1 heterocycles. The number of H-pyrrole nitrogens is 1. The van der Waals surface area contributed by atoms with Crippen molar-refractivity contribution in [3.8, 4) is 11.5 Å². The highest BCUT2D eigenvalue weighted by Gasteiger charge is 2.32. The zero-order valence-corrected chi connectivity index (χ0v) is 13.9. The Morgan fingerprint density at radius 2 is 1.69 bits per heavy atom. The van der Waals surface area contributed by atoms with Gasteiger partial charge in [0.2, 0.25) is 0 Å². The van der Waals surface area contributed by atoms with Gasteiger partial charge in [0.15, 0.2) is 0 Å². The molecule has 0 aliphatic heterocycles. The molecule has 0 unspecified atom stereocenters. The number of anilines is 1. The minimum atomic E-state index is -4.47. The number of rotatable bonds is 4. The second-order valence-electron chi connectivity index (χ2n) is 5.47. The van der Waals surface area contributed by atoms with Gasteiger partial charge in [-0.1, -0.05) is 6.07 Å². The lowest BCUT2D eigenvalue weighted by molar-refractivity contribution is -0.140. The number of ether oxygens (including phenoxy) is 2. The van der Waals surface area contributed by atoms with E-state index in [1.165, 1.54) is 32.4 Å². The van der Waals surface area contributed by atoms with E-state index in [0.29, 0.717) is 28.1 Å². The SMILES string of the molecule is COc1cccc(OC)c1C(=O)Nc1ccc2[nH]c(C(F)(F)F)cc2c1. The number of fused-ring (bicyclic) bond motifs is 1. The van der Waals surface area contributed by atoms with Crippen LogP contribution in [0.2, 0.25) is 0 Å². The molecule has 0 spiro atoms. The molecule has 0 saturated carbocycles. The van der Waals surface area contributed by atoms with E-state index in [9.17, 15) is 18.0 Å². The fourth-order valence-corrected chi connectivity index (χ4v) is 2.63. The molecule has 0 atom stereocenters. The van der Waals surface area contributed by atoms with Crippen molar-refractivity contribution in [2.75, 3.05) is 19.5 Å². The van der Waals surface area contributed by atoms with Crippen molar-refractivity contribution in [1.82, 2.24) is 4.98 Å². The average Bonchev–Trinajstić information content (AvgIpc) is 3.04. The molecule has 0 aliphatic carbocycles. The lowest BCUT2D eigenvalue weighted by Crippen LogP contribution is -2.14. The average molecular weight is 364 g/mol. The van der Waals surface area contributed by atoms with E-state index in [2.05, 4.69) is 10.3 Å². The van der Waals surface area contributed by atoms with E-state index in [4.69, 9.17) is 9.47 Å². The van der Waals surface area contributed by atoms with Gasteiger partial charge >= 0.3 is 6.18 Å². The first kappa shape index (κ1) is 17.7. The smallest absolute Gasteiger partial charge is 0.431 e. The fraction of sp³-hybridized carbons (Fsp3) is 0.167. The zero-order valence-electron chi connectivity index (χ0n) is 13.9. The molecule has 136 valence electrons. The van der Waals surface area contributed by atoms with E-state index in [-0.39, 0.29) is 5.56 Å². The Hall–Kier alpha value is -3.16. The summed E-state index contributed by atoms with van der Waals surface area (Å²) < 4.78 is 48.8. The van der Waals surface area contributed by atoms with Crippen LogP contribution < -0.4 is 14.8 Å². The second-order valence-corrected chi connectivity index (χ2v) is 5.47. The highest BCUT2D eigenvalue weighted by atomic mass is 19.4. The van der Waals surface area contributed by atoms with Crippen LogP contribution in [0.15, 0.2) is 42.5 Å². The van der Waals surface area contributed by atoms with Crippen LogP contribution in [0.4, 0.5) is 18.9 Å². The number of amides is 1. The van der Waals surface area contributed by atoms with Crippen LogP contribution in [0.1, 0.15) is 16.1 Å². The molecule has 5 nitrogen and oxygen atoms in total. The van der Waals surface area contributed by atoms with Gasteiger partial charge < -0.3 is 19.8 Å². The Morgan fingerprint density at radius 1 is 1.04 bits per heavy atom. The van der Waals surface area contributed by atoms with E-state index in [1.54, 1.807) is 18.2 Å². The molecule has 0 radical (unpaired) electrons. The van der Waals surface area contributed by atoms with Crippen molar-refractivity contribution in [3.63, 3.8) is 0 Å². The van der Waals surface area contributed by atoms with Crippen molar-refractivity contribution in [1.29, 1.82) is 0 Å². The standard InChI is InChI=1S/C18H15F3N2O3/c1-25-13-4-3-5-14(26-2)16(13)17(24)22-11-6-7-12-10(8-11)9-15(23-12)18(19,20)21/h3-9,23H,1-2H3,(H,22,24). The van der Waals surface area contributed by atoms with Gasteiger partial charge in [-0.25, -0.2) is 0 Å². The highest BCUT2D eigenvalue weighted by molar-refractivity contribution is 6.08. The number of hydrogen-bond acceptors (Lipinski definition) is 3. The van der Waals surface area contributed by atoms with E-state index >= 15 is 0 Å². The summed E-state index contributed by atoms with van der Waals surface area (Å²) in [7, 11) is 2.85. The Balaban J connectivity index is 1.93. The molecule has 1 aromatic heterocycles. The number of aromatic amines is 1. The summed E-state index contributed by atoms with van der Waals surface area (Å²) in [5, 5.41) is 2.99. The summed E-state index contributed by atoms with van der Waals surface area (Å²) in [5.41, 5.74) is 0.0263. The lowest BCUT2D eigenvalue weighted by Gasteiger charge is -2.13. The molecule has 3 rings (SSSR count). The molecule has 2 N–H and O–H groups in total. The Morgan fingerprint density at radius 3 is 2.27 bits per heavy atom. The third kappa shape index (κ3) is 3.30. The third-order valence-electron chi connectivity index (χ3n) is 3.84. The molecule has 26 heavy (non-hydrogen) atoms. The van der Waals surface area contributed by atoms with Gasteiger partial charge in [-0.15, -0.1) is 0 Å². The summed E-state index contributed by atoms with van der Waals surface area (Å²) in [6.45, 7) is 0. The van der Waals surface area contributed by atoms with Crippen molar-refractivity contribution >= 4 is 22.5 Å². The van der Waals surface area contributed by atoms with Crippen LogP contribution in [-0.4, -0.2) is 25.1 Å². The number of benzene rings is 2. The Bertz CT molecular complexity index is 942. The summed E-state index contributed by atoms with van der Waals surface area (Å²) in [6.07, 6.45) is -4.47. The maximum Gasteiger partial charge on any atom is 0.431 e. The number of carbonyl (C=O) groups is 1. The molecule has 0 fully saturated rings. The molecule has 0 bridgehead atoms. The third-order valence-corrected chi connectivity index (χ3v) is 3.84. The van der Waals surface area contributed by atoms with Gasteiger partial charge in [-0.3, -0.25) is 4.79 Å². The van der Waals surface area contributed by atoms with E-state index in [1.807, 2.05) is 0 Å². The molecular formula is C18H15F3N2O3. The van der Waals surface area contributed by atoms with Gasteiger partial charge in [-0.05, 0) is 36.4 Å². The van der Waals surface area contributed by atoms with E-state index in [0.717, 1.165) is 6.07 Å². The lowest BCUT2D eigenvalue weighted by atomic mass is 10.1.